The number of rotatable bonds is 2. The highest BCUT2D eigenvalue weighted by atomic mass is 16.3. The maximum absolute atomic E-state index is 5.39. The molecule has 0 amide bonds. The van der Waals surface area contributed by atoms with Crippen LogP contribution in [0.2, 0.25) is 0 Å². The molecule has 0 aliphatic carbocycles. The SMILES string of the molecule is CN(c1ccoc1)c1nnc(N)[nH]1. The Kier molecular flexibility index (Phi) is 1.66. The smallest absolute Gasteiger partial charge is 0.230 e. The molecule has 13 heavy (non-hydrogen) atoms. The quantitative estimate of drug-likeness (QED) is 0.710. The minimum absolute atomic E-state index is 0.297. The van der Waals surface area contributed by atoms with Gasteiger partial charge in [-0.2, -0.15) is 0 Å². The van der Waals surface area contributed by atoms with Gasteiger partial charge in [0.2, 0.25) is 11.9 Å². The number of aromatic nitrogens is 3. The van der Waals surface area contributed by atoms with Crippen molar-refractivity contribution in [3.05, 3.63) is 18.6 Å². The molecule has 0 unspecified atom stereocenters. The lowest BCUT2D eigenvalue weighted by molar-refractivity contribution is 0.567. The Hall–Kier alpha value is -1.98. The van der Waals surface area contributed by atoms with Crippen molar-refractivity contribution in [1.82, 2.24) is 15.2 Å². The minimum Gasteiger partial charge on any atom is -0.470 e. The summed E-state index contributed by atoms with van der Waals surface area (Å²) in [6, 6.07) is 1.82. The first-order valence-electron chi connectivity index (χ1n) is 3.71. The monoisotopic (exact) mass is 179 g/mol. The van der Waals surface area contributed by atoms with E-state index < -0.39 is 0 Å². The van der Waals surface area contributed by atoms with Crippen molar-refractivity contribution in [1.29, 1.82) is 0 Å². The van der Waals surface area contributed by atoms with E-state index in [-0.39, 0.29) is 0 Å². The van der Waals surface area contributed by atoms with E-state index in [1.54, 1.807) is 17.4 Å². The summed E-state index contributed by atoms with van der Waals surface area (Å²) in [5.41, 5.74) is 6.28. The van der Waals surface area contributed by atoms with Crippen LogP contribution in [0.25, 0.3) is 0 Å². The van der Waals surface area contributed by atoms with Gasteiger partial charge in [0.15, 0.2) is 0 Å². The second-order valence-electron chi connectivity index (χ2n) is 2.57. The van der Waals surface area contributed by atoms with Crippen LogP contribution in [0.3, 0.4) is 0 Å². The molecule has 0 atom stereocenters. The summed E-state index contributed by atoms with van der Waals surface area (Å²) in [4.78, 5) is 4.59. The van der Waals surface area contributed by atoms with Gasteiger partial charge in [-0.05, 0) is 0 Å². The van der Waals surface area contributed by atoms with Crippen molar-refractivity contribution in [3.63, 3.8) is 0 Å². The van der Waals surface area contributed by atoms with Crippen LogP contribution >= 0.6 is 0 Å². The van der Waals surface area contributed by atoms with Gasteiger partial charge in [0.25, 0.3) is 0 Å². The predicted molar refractivity (Wildman–Crippen MR) is 47.6 cm³/mol. The molecule has 0 saturated carbocycles. The van der Waals surface area contributed by atoms with E-state index in [4.69, 9.17) is 10.2 Å². The van der Waals surface area contributed by atoms with Crippen LogP contribution in [0, 0.1) is 0 Å². The Balaban J connectivity index is 2.28. The van der Waals surface area contributed by atoms with Crippen LogP contribution in [0.5, 0.6) is 0 Å². The van der Waals surface area contributed by atoms with Crippen LogP contribution < -0.4 is 10.6 Å². The van der Waals surface area contributed by atoms with Crippen LogP contribution in [0.1, 0.15) is 0 Å². The fourth-order valence-corrected chi connectivity index (χ4v) is 0.987. The van der Waals surface area contributed by atoms with Crippen molar-refractivity contribution in [2.75, 3.05) is 17.7 Å². The topological polar surface area (TPSA) is 84.0 Å². The lowest BCUT2D eigenvalue weighted by Gasteiger charge is -2.11. The average molecular weight is 179 g/mol. The number of anilines is 3. The zero-order valence-electron chi connectivity index (χ0n) is 7.06. The number of H-pyrrole nitrogens is 1. The number of nitrogens with zero attached hydrogens (tertiary/aromatic N) is 3. The van der Waals surface area contributed by atoms with Crippen molar-refractivity contribution in [2.24, 2.45) is 0 Å². The van der Waals surface area contributed by atoms with Gasteiger partial charge in [-0.3, -0.25) is 4.98 Å². The lowest BCUT2D eigenvalue weighted by Crippen LogP contribution is -2.10. The van der Waals surface area contributed by atoms with Gasteiger partial charge in [-0.1, -0.05) is 0 Å². The van der Waals surface area contributed by atoms with E-state index in [0.29, 0.717) is 11.9 Å². The fourth-order valence-electron chi connectivity index (χ4n) is 0.987. The summed E-state index contributed by atoms with van der Waals surface area (Å²) >= 11 is 0. The summed E-state index contributed by atoms with van der Waals surface area (Å²) in [6.45, 7) is 0. The van der Waals surface area contributed by atoms with Crippen molar-refractivity contribution in [2.45, 2.75) is 0 Å². The van der Waals surface area contributed by atoms with E-state index in [0.717, 1.165) is 5.69 Å². The zero-order chi connectivity index (χ0) is 9.26. The molecule has 3 N–H and O–H groups in total. The van der Waals surface area contributed by atoms with E-state index in [1.807, 2.05) is 13.1 Å². The maximum Gasteiger partial charge on any atom is 0.230 e. The first-order chi connectivity index (χ1) is 6.27. The maximum atomic E-state index is 5.39. The third-order valence-electron chi connectivity index (χ3n) is 1.70. The summed E-state index contributed by atoms with van der Waals surface area (Å²) in [7, 11) is 1.84. The molecule has 2 rings (SSSR count). The molecule has 6 heteroatoms. The molecule has 2 heterocycles. The molecule has 0 bridgehead atoms. The minimum atomic E-state index is 0.297. The Labute approximate surface area is 74.4 Å². The van der Waals surface area contributed by atoms with Crippen LogP contribution in [-0.2, 0) is 0 Å². The van der Waals surface area contributed by atoms with Gasteiger partial charge in [0, 0.05) is 13.1 Å². The molecule has 6 nitrogen and oxygen atoms in total. The standard InChI is InChI=1S/C7H9N5O/c1-12(5-2-3-13-4-5)7-9-6(8)10-11-7/h2-4H,1H3,(H3,8,9,10,11). The number of aromatic amines is 1. The predicted octanol–water partition coefficient (Wildman–Crippen LogP) is 0.748. The first-order valence-corrected chi connectivity index (χ1v) is 3.71. The summed E-state index contributed by atoms with van der Waals surface area (Å²) in [5, 5.41) is 7.47. The molecule has 0 spiro atoms. The second-order valence-corrected chi connectivity index (χ2v) is 2.57. The normalized spacial score (nSPS) is 10.2. The Morgan fingerprint density at radius 1 is 1.54 bits per heavy atom. The van der Waals surface area contributed by atoms with Crippen molar-refractivity contribution in [3.8, 4) is 0 Å². The van der Waals surface area contributed by atoms with E-state index >= 15 is 0 Å². The summed E-state index contributed by atoms with van der Waals surface area (Å²) in [5.74, 6) is 0.879. The van der Waals surface area contributed by atoms with Crippen LogP contribution in [0.4, 0.5) is 17.6 Å². The van der Waals surface area contributed by atoms with Gasteiger partial charge in [0.1, 0.15) is 6.26 Å². The zero-order valence-corrected chi connectivity index (χ0v) is 7.06. The highest BCUT2D eigenvalue weighted by Gasteiger charge is 2.08. The fraction of sp³-hybridized carbons (Fsp3) is 0.143. The largest absolute Gasteiger partial charge is 0.470 e. The number of nitrogens with two attached hydrogens (primary N) is 1. The number of nitrogen functional groups attached to an aromatic ring is 1. The van der Waals surface area contributed by atoms with Gasteiger partial charge in [-0.15, -0.1) is 10.2 Å². The van der Waals surface area contributed by atoms with Crippen LogP contribution in [0.15, 0.2) is 23.0 Å². The Morgan fingerprint density at radius 2 is 2.38 bits per heavy atom. The van der Waals surface area contributed by atoms with E-state index in [9.17, 15) is 0 Å². The molecule has 0 fully saturated rings. The molecule has 68 valence electrons. The number of furan rings is 1. The van der Waals surface area contributed by atoms with Gasteiger partial charge < -0.3 is 15.1 Å². The molecule has 2 aromatic rings. The van der Waals surface area contributed by atoms with Gasteiger partial charge in [0.05, 0.1) is 12.0 Å². The molecule has 0 radical (unpaired) electrons. The third kappa shape index (κ3) is 1.33. The second kappa shape index (κ2) is 2.81. The van der Waals surface area contributed by atoms with E-state index in [1.165, 1.54) is 0 Å². The Morgan fingerprint density at radius 3 is 2.92 bits per heavy atom. The van der Waals surface area contributed by atoms with Gasteiger partial charge >= 0.3 is 0 Å². The molecular weight excluding hydrogens is 170 g/mol. The number of hydrogen-bond donors (Lipinski definition) is 2. The summed E-state index contributed by atoms with van der Waals surface area (Å²) < 4.78 is 4.93. The molecule has 0 saturated heterocycles. The third-order valence-corrected chi connectivity index (χ3v) is 1.70. The van der Waals surface area contributed by atoms with E-state index in [2.05, 4.69) is 15.2 Å². The van der Waals surface area contributed by atoms with Gasteiger partial charge in [-0.25, -0.2) is 0 Å². The number of nitrogens with one attached hydrogen (secondary N) is 1. The molecule has 0 aliphatic heterocycles. The highest BCUT2D eigenvalue weighted by Crippen LogP contribution is 2.19. The molecular formula is C7H9N5O. The average Bonchev–Trinajstić information content (AvgIpc) is 2.72. The Bertz CT molecular complexity index is 379. The molecule has 0 aliphatic rings. The molecule has 0 aromatic carbocycles. The number of hydrogen-bond acceptors (Lipinski definition) is 5. The van der Waals surface area contributed by atoms with Crippen molar-refractivity contribution >= 4 is 17.6 Å². The highest BCUT2D eigenvalue weighted by molar-refractivity contribution is 5.54. The first kappa shape index (κ1) is 7.66. The van der Waals surface area contributed by atoms with Crippen molar-refractivity contribution < 1.29 is 4.42 Å². The lowest BCUT2D eigenvalue weighted by atomic mass is 10.5. The summed E-state index contributed by atoms with van der Waals surface area (Å²) in [6.07, 6.45) is 3.20. The molecule has 2 aromatic heterocycles. The van der Waals surface area contributed by atoms with Crippen LogP contribution in [-0.4, -0.2) is 22.2 Å².